The highest BCUT2D eigenvalue weighted by Crippen LogP contribution is 2.35. The Morgan fingerprint density at radius 2 is 1.90 bits per heavy atom. The predicted molar refractivity (Wildman–Crippen MR) is 111 cm³/mol. The first-order chi connectivity index (χ1) is 14.8. The smallest absolute Gasteiger partial charge is 0.371 e. The average molecular weight is 429 g/mol. The van der Waals surface area contributed by atoms with Gasteiger partial charge in [0.2, 0.25) is 0 Å². The van der Waals surface area contributed by atoms with Crippen LogP contribution in [0, 0.1) is 6.92 Å². The fourth-order valence-electron chi connectivity index (χ4n) is 4.27. The minimum absolute atomic E-state index is 0.269. The normalized spacial score (nSPS) is 21.6. The largest absolute Gasteiger partial charge is 0.416 e. The Labute approximate surface area is 177 Å². The summed E-state index contributed by atoms with van der Waals surface area (Å²) in [6.07, 6.45) is -0.912. The number of piperidine rings is 1. The van der Waals surface area contributed by atoms with Gasteiger partial charge in [-0.05, 0) is 37.6 Å². The van der Waals surface area contributed by atoms with Crippen molar-refractivity contribution in [1.29, 1.82) is 0 Å². The Hall–Kier alpha value is -2.94. The molecular weight excluding hydrogens is 407 g/mol. The SMILES string of the molecule is Cc1nnc(N[C@H](C)c2cccc(C(F)(F)F)c2)c2cc(N3CC4CC(C3)O4)cnc12. The van der Waals surface area contributed by atoms with Gasteiger partial charge in [0.05, 0.1) is 46.9 Å². The van der Waals surface area contributed by atoms with Crippen molar-refractivity contribution < 1.29 is 17.9 Å². The molecule has 0 spiro atoms. The van der Waals surface area contributed by atoms with E-state index in [1.807, 2.05) is 19.2 Å². The summed E-state index contributed by atoms with van der Waals surface area (Å²) in [5.41, 5.74) is 2.24. The number of nitrogens with zero attached hydrogens (tertiary/aromatic N) is 4. The highest BCUT2D eigenvalue weighted by molar-refractivity contribution is 5.92. The van der Waals surface area contributed by atoms with Crippen molar-refractivity contribution in [1.82, 2.24) is 15.2 Å². The van der Waals surface area contributed by atoms with E-state index in [9.17, 15) is 13.2 Å². The van der Waals surface area contributed by atoms with Crippen LogP contribution in [-0.2, 0) is 10.9 Å². The van der Waals surface area contributed by atoms with Gasteiger partial charge in [-0.1, -0.05) is 12.1 Å². The number of aromatic nitrogens is 3. The molecule has 3 aliphatic rings. The van der Waals surface area contributed by atoms with Crippen molar-refractivity contribution >= 4 is 22.4 Å². The number of hydrogen-bond acceptors (Lipinski definition) is 6. The maximum atomic E-state index is 13.1. The molecule has 3 aliphatic heterocycles. The summed E-state index contributed by atoms with van der Waals surface area (Å²) in [6.45, 7) is 5.29. The minimum atomic E-state index is -4.39. The molecule has 2 unspecified atom stereocenters. The molecule has 0 radical (unpaired) electrons. The minimum Gasteiger partial charge on any atom is -0.371 e. The van der Waals surface area contributed by atoms with E-state index in [1.165, 1.54) is 6.07 Å². The van der Waals surface area contributed by atoms with E-state index in [-0.39, 0.29) is 12.2 Å². The molecule has 3 aromatic rings. The second-order valence-corrected chi connectivity index (χ2v) is 8.23. The topological polar surface area (TPSA) is 63.2 Å². The van der Waals surface area contributed by atoms with Gasteiger partial charge >= 0.3 is 6.18 Å². The zero-order valence-electron chi connectivity index (χ0n) is 17.1. The third-order valence-electron chi connectivity index (χ3n) is 5.96. The maximum absolute atomic E-state index is 13.1. The number of hydrogen-bond donors (Lipinski definition) is 1. The van der Waals surface area contributed by atoms with E-state index in [4.69, 9.17) is 4.74 Å². The number of benzene rings is 1. The number of rotatable bonds is 4. The van der Waals surface area contributed by atoms with Crippen LogP contribution in [0.1, 0.15) is 36.2 Å². The molecule has 0 amide bonds. The van der Waals surface area contributed by atoms with Crippen LogP contribution in [0.15, 0.2) is 36.5 Å². The van der Waals surface area contributed by atoms with Crippen LogP contribution >= 0.6 is 0 Å². The zero-order valence-corrected chi connectivity index (χ0v) is 17.1. The molecule has 0 aliphatic carbocycles. The van der Waals surface area contributed by atoms with Gasteiger partial charge in [-0.25, -0.2) is 0 Å². The van der Waals surface area contributed by atoms with Gasteiger partial charge in [0, 0.05) is 24.9 Å². The molecule has 1 aromatic carbocycles. The summed E-state index contributed by atoms with van der Waals surface area (Å²) in [6, 6.07) is 6.93. The van der Waals surface area contributed by atoms with E-state index in [0.29, 0.717) is 17.1 Å². The predicted octanol–water partition coefficient (Wildman–Crippen LogP) is 4.50. The third kappa shape index (κ3) is 3.78. The standard InChI is InChI=1S/C22H22F3N5O/c1-12(14-4-3-5-15(6-14)22(23,24)25)27-21-19-7-16(9-26-20(19)13(2)28-29-21)30-10-17-8-18(11-30)31-17/h3-7,9,12,17-18H,8,10-11H2,1-2H3,(H,27,29)/t12-,17?,18?/m1/s1. The molecular formula is C22H22F3N5O. The van der Waals surface area contributed by atoms with Crippen LogP contribution in [-0.4, -0.2) is 40.5 Å². The van der Waals surface area contributed by atoms with Gasteiger partial charge in [-0.15, -0.1) is 5.10 Å². The van der Waals surface area contributed by atoms with Crippen LogP contribution in [0.3, 0.4) is 0 Å². The monoisotopic (exact) mass is 429 g/mol. The Balaban J connectivity index is 1.46. The Morgan fingerprint density at radius 3 is 2.61 bits per heavy atom. The Morgan fingerprint density at radius 1 is 1.16 bits per heavy atom. The molecule has 6 nitrogen and oxygen atoms in total. The molecule has 1 N–H and O–H groups in total. The van der Waals surface area contributed by atoms with E-state index in [1.54, 1.807) is 13.0 Å². The van der Waals surface area contributed by atoms with Crippen molar-refractivity contribution in [2.24, 2.45) is 0 Å². The lowest BCUT2D eigenvalue weighted by molar-refractivity contribution is -0.137. The first-order valence-electron chi connectivity index (χ1n) is 10.2. The fourth-order valence-corrected chi connectivity index (χ4v) is 4.27. The van der Waals surface area contributed by atoms with Crippen LogP contribution in [0.25, 0.3) is 10.9 Å². The van der Waals surface area contributed by atoms with Crippen molar-refractivity contribution in [3.05, 3.63) is 53.3 Å². The van der Waals surface area contributed by atoms with Crippen LogP contribution in [0.4, 0.5) is 24.7 Å². The van der Waals surface area contributed by atoms with Gasteiger partial charge in [0.1, 0.15) is 0 Å². The molecule has 0 saturated carbocycles. The lowest BCUT2D eigenvalue weighted by Crippen LogP contribution is -2.57. The maximum Gasteiger partial charge on any atom is 0.416 e. The number of fused-ring (bicyclic) bond motifs is 3. The van der Waals surface area contributed by atoms with Crippen LogP contribution in [0.2, 0.25) is 0 Å². The van der Waals surface area contributed by atoms with Crippen molar-refractivity contribution in [2.75, 3.05) is 23.3 Å². The molecule has 31 heavy (non-hydrogen) atoms. The first kappa shape index (κ1) is 20.0. The van der Waals surface area contributed by atoms with Gasteiger partial charge in [-0.3, -0.25) is 4.98 Å². The van der Waals surface area contributed by atoms with Crippen molar-refractivity contribution in [2.45, 2.75) is 44.7 Å². The zero-order chi connectivity index (χ0) is 21.8. The Bertz CT molecular complexity index is 1120. The highest BCUT2D eigenvalue weighted by Gasteiger charge is 2.38. The number of ether oxygens (including phenoxy) is 1. The summed E-state index contributed by atoms with van der Waals surface area (Å²) in [5, 5.41) is 12.5. The molecule has 162 valence electrons. The quantitative estimate of drug-likeness (QED) is 0.659. The number of aryl methyl sites for hydroxylation is 1. The molecule has 5 heterocycles. The second-order valence-electron chi connectivity index (χ2n) is 8.23. The van der Waals surface area contributed by atoms with Gasteiger partial charge in [-0.2, -0.15) is 18.3 Å². The second kappa shape index (κ2) is 7.33. The van der Waals surface area contributed by atoms with Crippen molar-refractivity contribution in [3.8, 4) is 0 Å². The number of morpholine rings is 1. The summed E-state index contributed by atoms with van der Waals surface area (Å²) >= 11 is 0. The van der Waals surface area contributed by atoms with E-state index < -0.39 is 17.8 Å². The molecule has 3 atom stereocenters. The summed E-state index contributed by atoms with van der Waals surface area (Å²) in [4.78, 5) is 6.86. The van der Waals surface area contributed by atoms with E-state index in [0.717, 1.165) is 48.2 Å². The Kier molecular flexibility index (Phi) is 4.73. The summed E-state index contributed by atoms with van der Waals surface area (Å²) in [7, 11) is 0. The number of alkyl halides is 3. The molecule has 2 aromatic heterocycles. The van der Waals surface area contributed by atoms with E-state index >= 15 is 0 Å². The fraction of sp³-hybridized carbons (Fsp3) is 0.409. The highest BCUT2D eigenvalue weighted by atomic mass is 19.4. The van der Waals surface area contributed by atoms with Gasteiger partial charge < -0.3 is 15.0 Å². The van der Waals surface area contributed by atoms with Crippen molar-refractivity contribution in [3.63, 3.8) is 0 Å². The van der Waals surface area contributed by atoms with Crippen LogP contribution in [0.5, 0.6) is 0 Å². The average Bonchev–Trinajstić information content (AvgIpc) is 2.74. The number of pyridine rings is 1. The molecule has 2 bridgehead atoms. The lowest BCUT2D eigenvalue weighted by Gasteiger charge is -2.47. The van der Waals surface area contributed by atoms with Gasteiger partial charge in [0.25, 0.3) is 0 Å². The third-order valence-corrected chi connectivity index (χ3v) is 5.96. The van der Waals surface area contributed by atoms with Crippen LogP contribution < -0.4 is 10.2 Å². The number of halogens is 3. The first-order valence-corrected chi connectivity index (χ1v) is 10.2. The molecule has 3 fully saturated rings. The molecule has 3 saturated heterocycles. The number of nitrogens with one attached hydrogen (secondary N) is 1. The summed E-state index contributed by atoms with van der Waals surface area (Å²) < 4.78 is 45.0. The number of anilines is 2. The van der Waals surface area contributed by atoms with Gasteiger partial charge in [0.15, 0.2) is 5.82 Å². The lowest BCUT2D eigenvalue weighted by atomic mass is 9.98. The molecule has 9 heteroatoms. The van der Waals surface area contributed by atoms with E-state index in [2.05, 4.69) is 25.4 Å². The summed E-state index contributed by atoms with van der Waals surface area (Å²) in [5.74, 6) is 0.498. The molecule has 6 rings (SSSR count).